The van der Waals surface area contributed by atoms with E-state index in [1.54, 1.807) is 25.1 Å². The van der Waals surface area contributed by atoms with E-state index in [-0.39, 0.29) is 23.9 Å². The van der Waals surface area contributed by atoms with Crippen LogP contribution in [-0.4, -0.2) is 58.0 Å². The van der Waals surface area contributed by atoms with Crippen molar-refractivity contribution in [3.8, 4) is 5.75 Å². The fourth-order valence-electron chi connectivity index (χ4n) is 3.44. The lowest BCUT2D eigenvalue weighted by Crippen LogP contribution is -3.19. The maximum Gasteiger partial charge on any atom is 0.282 e. The minimum Gasteiger partial charge on any atom is -0.495 e. The normalized spacial score (nSPS) is 16.8. The molecule has 162 valence electrons. The first-order valence-electron chi connectivity index (χ1n) is 9.47. The molecule has 1 fully saturated rings. The Labute approximate surface area is 180 Å². The number of nitrogens with zero attached hydrogens (tertiary/aromatic N) is 1. The van der Waals surface area contributed by atoms with Crippen molar-refractivity contribution in [3.63, 3.8) is 0 Å². The van der Waals surface area contributed by atoms with Gasteiger partial charge in [0.1, 0.15) is 16.5 Å². The van der Waals surface area contributed by atoms with Crippen molar-refractivity contribution in [1.82, 2.24) is 4.31 Å². The standard InChI is InChI=1S/C20H23ClFN3O4S/c1-14(20(26)23-17-13-15(21)7-8-18(17)29-2)24-9-11-25(12-10-24)30(27,28)19-6-4-3-5-16(19)22/h3-8,13-14H,9-12H2,1-2H3,(H,23,26)/p+1/t14-/m1/s1. The van der Waals surface area contributed by atoms with Gasteiger partial charge in [-0.3, -0.25) is 4.79 Å². The number of benzene rings is 2. The van der Waals surface area contributed by atoms with Crippen LogP contribution < -0.4 is 15.0 Å². The summed E-state index contributed by atoms with van der Waals surface area (Å²) in [5, 5.41) is 3.29. The van der Waals surface area contributed by atoms with Gasteiger partial charge in [0.05, 0.1) is 39.0 Å². The van der Waals surface area contributed by atoms with Crippen LogP contribution in [0.25, 0.3) is 0 Å². The molecule has 2 aromatic rings. The number of hydrogen-bond acceptors (Lipinski definition) is 4. The van der Waals surface area contributed by atoms with Crippen LogP contribution in [0.3, 0.4) is 0 Å². The second-order valence-corrected chi connectivity index (χ2v) is 9.39. The SMILES string of the molecule is COc1ccc(Cl)cc1NC(=O)[C@@H](C)[NH+]1CCN(S(=O)(=O)c2ccccc2F)CC1. The fraction of sp³-hybridized carbons (Fsp3) is 0.350. The molecule has 1 aliphatic rings. The Morgan fingerprint density at radius 1 is 1.23 bits per heavy atom. The third-order valence-corrected chi connectivity index (χ3v) is 7.41. The van der Waals surface area contributed by atoms with Gasteiger partial charge in [0.25, 0.3) is 5.91 Å². The number of halogens is 2. The van der Waals surface area contributed by atoms with E-state index in [1.165, 1.54) is 29.6 Å². The van der Waals surface area contributed by atoms with Gasteiger partial charge >= 0.3 is 0 Å². The molecule has 1 saturated heterocycles. The Balaban J connectivity index is 1.64. The van der Waals surface area contributed by atoms with Crippen molar-refractivity contribution >= 4 is 33.2 Å². The molecule has 1 amide bonds. The number of carbonyl (C=O) groups excluding carboxylic acids is 1. The quantitative estimate of drug-likeness (QED) is 0.688. The molecule has 0 spiro atoms. The second kappa shape index (κ2) is 9.30. The topological polar surface area (TPSA) is 80.2 Å². The van der Waals surface area contributed by atoms with Gasteiger partial charge in [-0.05, 0) is 37.3 Å². The molecule has 30 heavy (non-hydrogen) atoms. The van der Waals surface area contributed by atoms with Gasteiger partial charge in [-0.25, -0.2) is 12.8 Å². The van der Waals surface area contributed by atoms with Gasteiger partial charge in [-0.2, -0.15) is 4.31 Å². The predicted octanol–water partition coefficient (Wildman–Crippen LogP) is 1.40. The van der Waals surface area contributed by atoms with Gasteiger partial charge in [0.15, 0.2) is 6.04 Å². The second-order valence-electron chi connectivity index (χ2n) is 7.05. The Morgan fingerprint density at radius 3 is 2.53 bits per heavy atom. The van der Waals surface area contributed by atoms with Crippen LogP contribution in [0.2, 0.25) is 5.02 Å². The van der Waals surface area contributed by atoms with E-state index in [1.807, 2.05) is 0 Å². The predicted molar refractivity (Wildman–Crippen MR) is 112 cm³/mol. The van der Waals surface area contributed by atoms with Gasteiger partial charge < -0.3 is 15.0 Å². The van der Waals surface area contributed by atoms with Crippen LogP contribution in [0.4, 0.5) is 10.1 Å². The number of rotatable bonds is 6. The highest BCUT2D eigenvalue weighted by Crippen LogP contribution is 2.27. The molecule has 1 heterocycles. The molecule has 7 nitrogen and oxygen atoms in total. The molecule has 1 atom stereocenters. The van der Waals surface area contributed by atoms with Crippen molar-refractivity contribution in [2.24, 2.45) is 0 Å². The number of sulfonamides is 1. The molecule has 0 aliphatic carbocycles. The van der Waals surface area contributed by atoms with Crippen LogP contribution >= 0.6 is 11.6 Å². The minimum atomic E-state index is -3.91. The molecule has 0 saturated carbocycles. The molecule has 2 aromatic carbocycles. The molecule has 1 aliphatic heterocycles. The number of nitrogens with one attached hydrogen (secondary N) is 2. The summed E-state index contributed by atoms with van der Waals surface area (Å²) in [5.74, 6) is -0.498. The molecule has 3 rings (SSSR count). The molecule has 0 bridgehead atoms. The zero-order chi connectivity index (χ0) is 21.9. The Bertz CT molecular complexity index is 1030. The molecule has 0 aromatic heterocycles. The van der Waals surface area contributed by atoms with E-state index in [9.17, 15) is 17.6 Å². The van der Waals surface area contributed by atoms with E-state index in [2.05, 4.69) is 5.32 Å². The third kappa shape index (κ3) is 4.75. The van der Waals surface area contributed by atoms with Crippen molar-refractivity contribution < 1.29 is 27.2 Å². The summed E-state index contributed by atoms with van der Waals surface area (Å²) >= 11 is 6.00. The Morgan fingerprint density at radius 2 is 1.90 bits per heavy atom. The number of piperazine rings is 1. The molecule has 2 N–H and O–H groups in total. The number of quaternary nitrogens is 1. The van der Waals surface area contributed by atoms with Crippen molar-refractivity contribution in [2.45, 2.75) is 17.9 Å². The number of anilines is 1. The summed E-state index contributed by atoms with van der Waals surface area (Å²) in [6.45, 7) is 3.03. The van der Waals surface area contributed by atoms with Crippen LogP contribution in [0.5, 0.6) is 5.75 Å². The van der Waals surface area contributed by atoms with Gasteiger partial charge in [0.2, 0.25) is 10.0 Å². The molecule has 0 radical (unpaired) electrons. The molecular weight excluding hydrogens is 433 g/mol. The number of methoxy groups -OCH3 is 1. The average molecular weight is 457 g/mol. The number of carbonyl (C=O) groups is 1. The molecular formula is C20H24ClFN3O4S+. The molecule has 0 unspecified atom stereocenters. The highest BCUT2D eigenvalue weighted by molar-refractivity contribution is 7.89. The van der Waals surface area contributed by atoms with Crippen molar-refractivity contribution in [2.75, 3.05) is 38.6 Å². The van der Waals surface area contributed by atoms with Crippen LogP contribution in [-0.2, 0) is 14.8 Å². The van der Waals surface area contributed by atoms with E-state index >= 15 is 0 Å². The summed E-state index contributed by atoms with van der Waals surface area (Å²) < 4.78 is 45.9. The smallest absolute Gasteiger partial charge is 0.282 e. The lowest BCUT2D eigenvalue weighted by Gasteiger charge is -2.34. The first-order chi connectivity index (χ1) is 14.2. The Hall–Kier alpha value is -2.20. The highest BCUT2D eigenvalue weighted by Gasteiger charge is 2.35. The lowest BCUT2D eigenvalue weighted by molar-refractivity contribution is -0.917. The summed E-state index contributed by atoms with van der Waals surface area (Å²) in [4.78, 5) is 13.3. The van der Waals surface area contributed by atoms with Gasteiger partial charge in [-0.15, -0.1) is 0 Å². The number of amides is 1. The number of ether oxygens (including phenoxy) is 1. The minimum absolute atomic E-state index is 0.199. The van der Waals surface area contributed by atoms with Crippen molar-refractivity contribution in [1.29, 1.82) is 0 Å². The first kappa shape index (κ1) is 22.5. The summed E-state index contributed by atoms with van der Waals surface area (Å²) in [6, 6.07) is 9.86. The third-order valence-electron chi connectivity index (χ3n) is 5.24. The van der Waals surface area contributed by atoms with E-state index in [0.29, 0.717) is 29.5 Å². The maximum atomic E-state index is 14.0. The lowest BCUT2D eigenvalue weighted by atomic mass is 10.2. The molecule has 10 heteroatoms. The summed E-state index contributed by atoms with van der Waals surface area (Å²) in [6.07, 6.45) is 0. The summed E-state index contributed by atoms with van der Waals surface area (Å²) in [7, 11) is -2.41. The largest absolute Gasteiger partial charge is 0.495 e. The van der Waals surface area contributed by atoms with Gasteiger partial charge in [-0.1, -0.05) is 23.7 Å². The van der Waals surface area contributed by atoms with Crippen LogP contribution in [0.15, 0.2) is 47.4 Å². The highest BCUT2D eigenvalue weighted by atomic mass is 35.5. The Kier molecular flexibility index (Phi) is 6.97. The number of hydrogen-bond donors (Lipinski definition) is 2. The van der Waals surface area contributed by atoms with Crippen LogP contribution in [0.1, 0.15) is 6.92 Å². The van der Waals surface area contributed by atoms with E-state index in [0.717, 1.165) is 11.0 Å². The monoisotopic (exact) mass is 456 g/mol. The zero-order valence-corrected chi connectivity index (χ0v) is 18.3. The summed E-state index contributed by atoms with van der Waals surface area (Å²) in [5.41, 5.74) is 0.474. The van der Waals surface area contributed by atoms with Crippen LogP contribution in [0, 0.1) is 5.82 Å². The fourth-order valence-corrected chi connectivity index (χ4v) is 5.12. The van der Waals surface area contributed by atoms with Gasteiger partial charge in [0, 0.05) is 5.02 Å². The average Bonchev–Trinajstić information content (AvgIpc) is 2.73. The van der Waals surface area contributed by atoms with E-state index < -0.39 is 21.9 Å². The van der Waals surface area contributed by atoms with E-state index in [4.69, 9.17) is 16.3 Å². The maximum absolute atomic E-state index is 14.0. The zero-order valence-electron chi connectivity index (χ0n) is 16.7. The van der Waals surface area contributed by atoms with Crippen molar-refractivity contribution in [3.05, 3.63) is 53.3 Å². The first-order valence-corrected chi connectivity index (χ1v) is 11.3.